The Labute approximate surface area is 111 Å². The SMILES string of the molecule is CS(=O)(=O)CCNC(=O)NCc1cccc(Cl)c1. The van der Waals surface area contributed by atoms with Gasteiger partial charge in [0.05, 0.1) is 5.75 Å². The van der Waals surface area contributed by atoms with Gasteiger partial charge in [-0.15, -0.1) is 0 Å². The van der Waals surface area contributed by atoms with Gasteiger partial charge in [0.2, 0.25) is 0 Å². The lowest BCUT2D eigenvalue weighted by Gasteiger charge is -2.07. The van der Waals surface area contributed by atoms with Crippen LogP contribution < -0.4 is 10.6 Å². The van der Waals surface area contributed by atoms with Gasteiger partial charge in [-0.1, -0.05) is 23.7 Å². The van der Waals surface area contributed by atoms with E-state index >= 15 is 0 Å². The topological polar surface area (TPSA) is 75.3 Å². The van der Waals surface area contributed by atoms with E-state index in [1.54, 1.807) is 18.2 Å². The van der Waals surface area contributed by atoms with Crippen molar-refractivity contribution in [2.75, 3.05) is 18.6 Å². The zero-order valence-corrected chi connectivity index (χ0v) is 11.5. The van der Waals surface area contributed by atoms with E-state index in [-0.39, 0.29) is 12.3 Å². The Bertz CT molecular complexity index is 517. The summed E-state index contributed by atoms with van der Waals surface area (Å²) in [5.74, 6) is -0.0718. The molecule has 0 unspecified atom stereocenters. The van der Waals surface area contributed by atoms with Gasteiger partial charge < -0.3 is 10.6 Å². The van der Waals surface area contributed by atoms with Crippen molar-refractivity contribution < 1.29 is 13.2 Å². The monoisotopic (exact) mass is 290 g/mol. The van der Waals surface area contributed by atoms with Crippen LogP contribution in [0.1, 0.15) is 5.56 Å². The number of hydrogen-bond acceptors (Lipinski definition) is 3. The van der Waals surface area contributed by atoms with Gasteiger partial charge in [0.25, 0.3) is 0 Å². The quantitative estimate of drug-likeness (QED) is 0.855. The Morgan fingerprint density at radius 2 is 2.06 bits per heavy atom. The molecule has 0 spiro atoms. The summed E-state index contributed by atoms with van der Waals surface area (Å²) in [6.45, 7) is 0.436. The second-order valence-electron chi connectivity index (χ2n) is 3.87. The lowest BCUT2D eigenvalue weighted by Crippen LogP contribution is -2.37. The third-order valence-electron chi connectivity index (χ3n) is 2.10. The van der Waals surface area contributed by atoms with Crippen molar-refractivity contribution in [1.82, 2.24) is 10.6 Å². The fraction of sp³-hybridized carbons (Fsp3) is 0.364. The summed E-state index contributed by atoms with van der Waals surface area (Å²) < 4.78 is 21.7. The summed E-state index contributed by atoms with van der Waals surface area (Å²) in [5.41, 5.74) is 0.876. The van der Waals surface area contributed by atoms with E-state index in [2.05, 4.69) is 10.6 Å². The van der Waals surface area contributed by atoms with Crippen molar-refractivity contribution in [2.45, 2.75) is 6.54 Å². The summed E-state index contributed by atoms with van der Waals surface area (Å²) in [5, 5.41) is 5.67. The Balaban J connectivity index is 2.29. The standard InChI is InChI=1S/C11H15ClN2O3S/c1-18(16,17)6-5-13-11(15)14-8-9-3-2-4-10(12)7-9/h2-4,7H,5-6,8H2,1H3,(H2,13,14,15). The predicted octanol–water partition coefficient (Wildman–Crippen LogP) is 1.18. The Morgan fingerprint density at radius 3 is 2.67 bits per heavy atom. The first-order chi connectivity index (χ1) is 8.37. The molecular weight excluding hydrogens is 276 g/mol. The average molecular weight is 291 g/mol. The molecule has 5 nitrogen and oxygen atoms in total. The molecule has 0 heterocycles. The minimum atomic E-state index is -3.05. The normalized spacial score (nSPS) is 11.0. The number of rotatable bonds is 5. The van der Waals surface area contributed by atoms with Crippen LogP contribution in [0.15, 0.2) is 24.3 Å². The van der Waals surface area contributed by atoms with E-state index in [0.717, 1.165) is 11.8 Å². The molecule has 0 aliphatic carbocycles. The fourth-order valence-electron chi connectivity index (χ4n) is 1.24. The molecule has 7 heteroatoms. The number of sulfone groups is 1. The molecule has 0 saturated heterocycles. The number of benzene rings is 1. The summed E-state index contributed by atoms with van der Waals surface area (Å²) >= 11 is 5.80. The van der Waals surface area contributed by atoms with Gasteiger partial charge in [0, 0.05) is 24.4 Å². The van der Waals surface area contributed by atoms with Crippen LogP contribution >= 0.6 is 11.6 Å². The van der Waals surface area contributed by atoms with Crippen LogP contribution in [-0.2, 0) is 16.4 Å². The second-order valence-corrected chi connectivity index (χ2v) is 6.57. The Hall–Kier alpha value is -1.27. The van der Waals surface area contributed by atoms with Gasteiger partial charge in [0.15, 0.2) is 0 Å². The smallest absolute Gasteiger partial charge is 0.315 e. The third kappa shape index (κ3) is 6.46. The maximum absolute atomic E-state index is 11.3. The average Bonchev–Trinajstić information content (AvgIpc) is 2.25. The van der Waals surface area contributed by atoms with E-state index in [4.69, 9.17) is 11.6 Å². The summed E-state index contributed by atoms with van der Waals surface area (Å²) in [6.07, 6.45) is 1.12. The molecule has 0 aromatic heterocycles. The molecule has 18 heavy (non-hydrogen) atoms. The first-order valence-electron chi connectivity index (χ1n) is 5.31. The van der Waals surface area contributed by atoms with Crippen molar-refractivity contribution in [2.24, 2.45) is 0 Å². The van der Waals surface area contributed by atoms with E-state index in [1.807, 2.05) is 6.07 Å². The first kappa shape index (κ1) is 14.8. The molecule has 1 aromatic rings. The highest BCUT2D eigenvalue weighted by molar-refractivity contribution is 7.90. The summed E-state index contributed by atoms with van der Waals surface area (Å²) in [4.78, 5) is 11.3. The van der Waals surface area contributed by atoms with Gasteiger partial charge in [-0.2, -0.15) is 0 Å². The van der Waals surface area contributed by atoms with Crippen molar-refractivity contribution in [1.29, 1.82) is 0 Å². The van der Waals surface area contributed by atoms with Gasteiger partial charge >= 0.3 is 6.03 Å². The second kappa shape index (κ2) is 6.61. The summed E-state index contributed by atoms with van der Waals surface area (Å²) in [6, 6.07) is 6.72. The first-order valence-corrected chi connectivity index (χ1v) is 7.74. The van der Waals surface area contributed by atoms with Crippen LogP contribution in [0, 0.1) is 0 Å². The molecule has 0 atom stereocenters. The highest BCUT2D eigenvalue weighted by Gasteiger charge is 2.04. The number of amides is 2. The number of hydrogen-bond donors (Lipinski definition) is 2. The van der Waals surface area contributed by atoms with Crippen LogP contribution in [-0.4, -0.2) is 33.0 Å². The molecule has 0 radical (unpaired) electrons. The molecule has 2 amide bonds. The van der Waals surface area contributed by atoms with E-state index in [0.29, 0.717) is 11.6 Å². The lowest BCUT2D eigenvalue weighted by atomic mass is 10.2. The van der Waals surface area contributed by atoms with Crippen LogP contribution in [0.25, 0.3) is 0 Å². The molecular formula is C11H15ClN2O3S. The number of carbonyl (C=O) groups excluding carboxylic acids is 1. The van der Waals surface area contributed by atoms with Gasteiger partial charge in [-0.05, 0) is 17.7 Å². The van der Waals surface area contributed by atoms with Gasteiger partial charge in [-0.3, -0.25) is 0 Å². The highest BCUT2D eigenvalue weighted by atomic mass is 35.5. The number of nitrogens with one attached hydrogen (secondary N) is 2. The van der Waals surface area contributed by atoms with Crippen molar-refractivity contribution in [3.63, 3.8) is 0 Å². The molecule has 0 bridgehead atoms. The molecule has 0 saturated carbocycles. The van der Waals surface area contributed by atoms with E-state index < -0.39 is 15.9 Å². The van der Waals surface area contributed by atoms with Crippen molar-refractivity contribution in [3.8, 4) is 0 Å². The van der Waals surface area contributed by atoms with Crippen molar-refractivity contribution >= 4 is 27.5 Å². The van der Waals surface area contributed by atoms with Crippen molar-refractivity contribution in [3.05, 3.63) is 34.9 Å². The molecule has 1 rings (SSSR count). The van der Waals surface area contributed by atoms with Gasteiger partial charge in [-0.25, -0.2) is 13.2 Å². The largest absolute Gasteiger partial charge is 0.337 e. The molecule has 1 aromatic carbocycles. The summed E-state index contributed by atoms with van der Waals surface area (Å²) in [7, 11) is -3.05. The zero-order chi connectivity index (χ0) is 13.6. The van der Waals surface area contributed by atoms with E-state index in [1.165, 1.54) is 0 Å². The van der Waals surface area contributed by atoms with Crippen LogP contribution in [0.2, 0.25) is 5.02 Å². The van der Waals surface area contributed by atoms with Crippen LogP contribution in [0.4, 0.5) is 4.79 Å². The Kier molecular flexibility index (Phi) is 5.43. The number of halogens is 1. The minimum Gasteiger partial charge on any atom is -0.337 e. The molecule has 0 fully saturated rings. The maximum Gasteiger partial charge on any atom is 0.315 e. The molecule has 2 N–H and O–H groups in total. The van der Waals surface area contributed by atoms with Crippen LogP contribution in [0.5, 0.6) is 0 Å². The molecule has 0 aliphatic rings. The van der Waals surface area contributed by atoms with Gasteiger partial charge in [0.1, 0.15) is 9.84 Å². The predicted molar refractivity (Wildman–Crippen MR) is 71.4 cm³/mol. The minimum absolute atomic E-state index is 0.0718. The molecule has 0 aliphatic heterocycles. The number of urea groups is 1. The number of carbonyl (C=O) groups is 1. The zero-order valence-electron chi connectivity index (χ0n) is 9.94. The Morgan fingerprint density at radius 1 is 1.33 bits per heavy atom. The lowest BCUT2D eigenvalue weighted by molar-refractivity contribution is 0.241. The van der Waals surface area contributed by atoms with Crippen LogP contribution in [0.3, 0.4) is 0 Å². The van der Waals surface area contributed by atoms with E-state index in [9.17, 15) is 13.2 Å². The maximum atomic E-state index is 11.3. The third-order valence-corrected chi connectivity index (χ3v) is 3.28. The highest BCUT2D eigenvalue weighted by Crippen LogP contribution is 2.09. The molecule has 100 valence electrons. The fourth-order valence-corrected chi connectivity index (χ4v) is 1.93.